The normalized spacial score (nSPS) is 12.1. The Balaban J connectivity index is 1.24. The highest BCUT2D eigenvalue weighted by molar-refractivity contribution is 5.98. The molecule has 0 bridgehead atoms. The molecule has 0 fully saturated rings. The Labute approximate surface area is 217 Å². The number of nitrogens with zero attached hydrogens (tertiary/aromatic N) is 4. The van der Waals surface area contributed by atoms with Crippen molar-refractivity contribution in [2.75, 3.05) is 18.5 Å². The molecule has 0 saturated heterocycles. The minimum Gasteiger partial charge on any atom is -0.384 e. The van der Waals surface area contributed by atoms with Crippen molar-refractivity contribution in [3.05, 3.63) is 131 Å². The van der Waals surface area contributed by atoms with Crippen LogP contribution in [0.25, 0.3) is 0 Å². The summed E-state index contributed by atoms with van der Waals surface area (Å²) in [6.45, 7) is 1.29. The molecule has 37 heavy (non-hydrogen) atoms. The van der Waals surface area contributed by atoms with Crippen LogP contribution in [0.1, 0.15) is 22.3 Å². The average molecular weight is 490 g/mol. The Morgan fingerprint density at radius 2 is 1.03 bits per heavy atom. The minimum absolute atomic E-state index is 0.514. The van der Waals surface area contributed by atoms with Gasteiger partial charge in [0.2, 0.25) is 0 Å². The highest BCUT2D eigenvalue weighted by Crippen LogP contribution is 2.15. The van der Waals surface area contributed by atoms with Crippen LogP contribution in [0, 0.1) is 0 Å². The third-order valence-corrected chi connectivity index (χ3v) is 5.74. The molecule has 0 heterocycles. The van der Waals surface area contributed by atoms with Gasteiger partial charge in [-0.25, -0.2) is 0 Å². The third kappa shape index (κ3) is 8.14. The molecule has 0 amide bonds. The van der Waals surface area contributed by atoms with Gasteiger partial charge in [-0.2, -0.15) is 0 Å². The molecule has 7 nitrogen and oxygen atoms in total. The zero-order chi connectivity index (χ0) is 25.7. The van der Waals surface area contributed by atoms with Crippen LogP contribution in [0.15, 0.2) is 130 Å². The molecular formula is C30H31N7. The lowest BCUT2D eigenvalue weighted by Gasteiger charge is -2.04. The summed E-state index contributed by atoms with van der Waals surface area (Å²) in [6, 6.07) is 35.6. The highest BCUT2D eigenvalue weighted by atomic mass is 15.4. The largest absolute Gasteiger partial charge is 0.384 e. The summed E-state index contributed by atoms with van der Waals surface area (Å²) in [7, 11) is 0. The lowest BCUT2D eigenvalue weighted by Crippen LogP contribution is -2.14. The maximum Gasteiger partial charge on any atom is 0.125 e. The molecule has 0 aliphatic carbocycles. The summed E-state index contributed by atoms with van der Waals surface area (Å²) in [6.07, 6.45) is 1.71. The Morgan fingerprint density at radius 1 is 0.568 bits per heavy atom. The fraction of sp³-hybridized carbons (Fsp3) is 0.133. The molecule has 0 saturated carbocycles. The van der Waals surface area contributed by atoms with Gasteiger partial charge < -0.3 is 11.5 Å². The average Bonchev–Trinajstić information content (AvgIpc) is 2.95. The molecule has 0 aliphatic heterocycles. The molecule has 0 radical (unpaired) electrons. The first-order valence-corrected chi connectivity index (χ1v) is 12.2. The number of nitrogens with one attached hydrogen (secondary N) is 1. The van der Waals surface area contributed by atoms with Crippen LogP contribution in [0.3, 0.4) is 0 Å². The van der Waals surface area contributed by atoms with Gasteiger partial charge in [0.1, 0.15) is 11.7 Å². The standard InChI is InChI=1S/C30H31N7/c31-29(33-21-19-23-7-3-1-4-8-23)25-11-15-27(16-12-25)35-37-36-28-17-13-26(14-18-28)30(32)34-22-20-24-9-5-2-6-10-24/h1-18H,19-22H2,(H2,31,33)(H2,32,34)(H,35,36). The van der Waals surface area contributed by atoms with E-state index in [-0.39, 0.29) is 0 Å². The Bertz CT molecular complexity index is 1330. The summed E-state index contributed by atoms with van der Waals surface area (Å²) in [5.41, 5.74) is 20.9. The summed E-state index contributed by atoms with van der Waals surface area (Å²) >= 11 is 0. The smallest absolute Gasteiger partial charge is 0.125 e. The number of amidine groups is 2. The van der Waals surface area contributed by atoms with Gasteiger partial charge >= 0.3 is 0 Å². The molecule has 0 aromatic heterocycles. The topological polar surface area (TPSA) is 114 Å². The predicted molar refractivity (Wildman–Crippen MR) is 152 cm³/mol. The van der Waals surface area contributed by atoms with E-state index in [1.165, 1.54) is 11.1 Å². The summed E-state index contributed by atoms with van der Waals surface area (Å²) in [5, 5.41) is 8.29. The third-order valence-electron chi connectivity index (χ3n) is 5.74. The monoisotopic (exact) mass is 489 g/mol. The van der Waals surface area contributed by atoms with Gasteiger partial charge in [0, 0.05) is 24.2 Å². The van der Waals surface area contributed by atoms with Crippen molar-refractivity contribution in [2.45, 2.75) is 12.8 Å². The van der Waals surface area contributed by atoms with Gasteiger partial charge in [-0.05, 0) is 72.5 Å². The Kier molecular flexibility index (Phi) is 9.13. The number of benzene rings is 4. The molecule has 5 N–H and O–H groups in total. The van der Waals surface area contributed by atoms with Crippen molar-refractivity contribution in [1.82, 2.24) is 0 Å². The number of rotatable bonds is 11. The maximum absolute atomic E-state index is 6.14. The molecule has 4 rings (SSSR count). The molecular weight excluding hydrogens is 458 g/mol. The lowest BCUT2D eigenvalue weighted by molar-refractivity contribution is 0.966. The molecule has 7 heteroatoms. The van der Waals surface area contributed by atoms with Crippen LogP contribution in [0.5, 0.6) is 0 Å². The van der Waals surface area contributed by atoms with Crippen molar-refractivity contribution in [3.63, 3.8) is 0 Å². The second-order valence-electron chi connectivity index (χ2n) is 8.44. The fourth-order valence-electron chi connectivity index (χ4n) is 3.64. The van der Waals surface area contributed by atoms with Crippen molar-refractivity contribution in [1.29, 1.82) is 0 Å². The molecule has 4 aromatic rings. The van der Waals surface area contributed by atoms with Crippen LogP contribution < -0.4 is 16.9 Å². The first-order chi connectivity index (χ1) is 18.2. The molecule has 4 aromatic carbocycles. The first kappa shape index (κ1) is 25.3. The molecule has 186 valence electrons. The van der Waals surface area contributed by atoms with Crippen LogP contribution in [0.2, 0.25) is 0 Å². The van der Waals surface area contributed by atoms with Crippen molar-refractivity contribution < 1.29 is 0 Å². The van der Waals surface area contributed by atoms with E-state index in [0.717, 1.165) is 29.7 Å². The van der Waals surface area contributed by atoms with E-state index in [2.05, 4.69) is 50.0 Å². The van der Waals surface area contributed by atoms with E-state index < -0.39 is 0 Å². The highest BCUT2D eigenvalue weighted by Gasteiger charge is 2.01. The summed E-state index contributed by atoms with van der Waals surface area (Å²) in [5.74, 6) is 1.03. The summed E-state index contributed by atoms with van der Waals surface area (Å²) < 4.78 is 0. The molecule has 0 atom stereocenters. The minimum atomic E-state index is 0.514. The van der Waals surface area contributed by atoms with E-state index in [4.69, 9.17) is 11.5 Å². The lowest BCUT2D eigenvalue weighted by atomic mass is 10.1. The number of hydrogen-bond donors (Lipinski definition) is 3. The Morgan fingerprint density at radius 3 is 1.51 bits per heavy atom. The molecule has 0 aliphatic rings. The van der Waals surface area contributed by atoms with Crippen LogP contribution in [-0.4, -0.2) is 24.8 Å². The van der Waals surface area contributed by atoms with Crippen LogP contribution >= 0.6 is 0 Å². The van der Waals surface area contributed by atoms with E-state index in [1.807, 2.05) is 84.9 Å². The van der Waals surface area contributed by atoms with Crippen molar-refractivity contribution in [3.8, 4) is 0 Å². The van der Waals surface area contributed by atoms with E-state index in [1.54, 1.807) is 0 Å². The predicted octanol–water partition coefficient (Wildman–Crippen LogP) is 5.69. The maximum atomic E-state index is 6.14. The first-order valence-electron chi connectivity index (χ1n) is 12.2. The number of hydrogen-bond acceptors (Lipinski definition) is 4. The van der Waals surface area contributed by atoms with Crippen LogP contribution in [-0.2, 0) is 12.8 Å². The number of nitrogens with two attached hydrogens (primary N) is 2. The van der Waals surface area contributed by atoms with Gasteiger partial charge in [-0.15, -0.1) is 5.11 Å². The van der Waals surface area contributed by atoms with E-state index in [0.29, 0.717) is 30.4 Å². The Hall–Kier alpha value is -4.78. The van der Waals surface area contributed by atoms with Crippen molar-refractivity contribution >= 4 is 23.0 Å². The zero-order valence-corrected chi connectivity index (χ0v) is 20.7. The summed E-state index contributed by atoms with van der Waals surface area (Å²) in [4.78, 5) is 8.97. The molecule has 0 spiro atoms. The van der Waals surface area contributed by atoms with Crippen molar-refractivity contribution in [2.24, 2.45) is 31.8 Å². The second kappa shape index (κ2) is 13.3. The SMILES string of the molecule is NC(=NCCc1ccccc1)c1ccc(N=NNc2ccc(C(N)=NCCc3ccccc3)cc2)cc1. The quantitative estimate of drug-likeness (QED) is 0.109. The van der Waals surface area contributed by atoms with Gasteiger partial charge in [-0.1, -0.05) is 65.9 Å². The van der Waals surface area contributed by atoms with Gasteiger partial charge in [0.15, 0.2) is 0 Å². The van der Waals surface area contributed by atoms with E-state index >= 15 is 0 Å². The number of anilines is 1. The van der Waals surface area contributed by atoms with Crippen LogP contribution in [0.4, 0.5) is 11.4 Å². The van der Waals surface area contributed by atoms with Gasteiger partial charge in [0.05, 0.1) is 11.4 Å². The fourth-order valence-corrected chi connectivity index (χ4v) is 3.64. The second-order valence-corrected chi connectivity index (χ2v) is 8.44. The number of aliphatic imine (C=N–C) groups is 2. The van der Waals surface area contributed by atoms with E-state index in [9.17, 15) is 0 Å². The zero-order valence-electron chi connectivity index (χ0n) is 20.7. The van der Waals surface area contributed by atoms with Gasteiger partial charge in [-0.3, -0.25) is 15.4 Å². The van der Waals surface area contributed by atoms with Gasteiger partial charge in [0.25, 0.3) is 0 Å². The molecule has 0 unspecified atom stereocenters.